The number of aromatic amines is 2. The molecule has 278 valence electrons. The van der Waals surface area contributed by atoms with Gasteiger partial charge in [-0.15, -0.1) is 0 Å². The van der Waals surface area contributed by atoms with Gasteiger partial charge in [-0.3, -0.25) is 0 Å². The van der Waals surface area contributed by atoms with Gasteiger partial charge in [0.2, 0.25) is 0 Å². The van der Waals surface area contributed by atoms with Crippen molar-refractivity contribution in [3.05, 3.63) is 144 Å². The number of nitrogens with one attached hydrogen (secondary N) is 5. The predicted molar refractivity (Wildman–Crippen MR) is 210 cm³/mol. The quantitative estimate of drug-likeness (QED) is 0.0509. The molecule has 0 spiro atoms. The number of fused-ring (bicyclic) bond motifs is 2. The van der Waals surface area contributed by atoms with Crippen LogP contribution in [0.4, 0.5) is 9.59 Å². The first kappa shape index (κ1) is 37.9. The summed E-state index contributed by atoms with van der Waals surface area (Å²) in [4.78, 5) is 59.1. The molecule has 2 aromatic heterocycles. The molecule has 0 aliphatic heterocycles. The molecule has 3 amide bonds. The SMILES string of the molecule is O=C(NC(Cc1c[nH]c2ccccc12)C(=O)NCCCC[AsH]C(=O)C(Cc1c[nH]c2ccccc12)NC(=O)OCc1ccccc1)OCc1ccccc1. The molecule has 0 aliphatic rings. The van der Waals surface area contributed by atoms with Gasteiger partial charge in [0.1, 0.15) is 0 Å². The van der Waals surface area contributed by atoms with E-state index in [0.717, 1.165) is 50.5 Å². The molecular weight excluding hydrogens is 745 g/mol. The van der Waals surface area contributed by atoms with Gasteiger partial charge in [-0.25, -0.2) is 0 Å². The number of carbonyl (C=O) groups is 4. The summed E-state index contributed by atoms with van der Waals surface area (Å²) in [5.41, 5.74) is 5.45. The zero-order chi connectivity index (χ0) is 37.5. The molecular formula is C42H44AsN5O6. The Kier molecular flexibility index (Phi) is 13.6. The fourth-order valence-electron chi connectivity index (χ4n) is 6.19. The third-order valence-electron chi connectivity index (χ3n) is 9.04. The van der Waals surface area contributed by atoms with Crippen LogP contribution in [0.5, 0.6) is 0 Å². The fourth-order valence-corrected chi connectivity index (χ4v) is 8.49. The molecule has 0 radical (unpaired) electrons. The first-order chi connectivity index (χ1) is 26.4. The molecule has 0 fully saturated rings. The number of carbonyl (C=O) groups excluding carboxylic acids is 4. The number of benzene rings is 4. The van der Waals surface area contributed by atoms with Crippen LogP contribution in [0.2, 0.25) is 5.21 Å². The van der Waals surface area contributed by atoms with Gasteiger partial charge < -0.3 is 0 Å². The summed E-state index contributed by atoms with van der Waals surface area (Å²) < 4.78 is 10.9. The Balaban J connectivity index is 1.00. The van der Waals surface area contributed by atoms with E-state index in [9.17, 15) is 19.2 Å². The van der Waals surface area contributed by atoms with Crippen molar-refractivity contribution in [1.82, 2.24) is 25.9 Å². The van der Waals surface area contributed by atoms with Crippen LogP contribution >= 0.6 is 0 Å². The van der Waals surface area contributed by atoms with Crippen molar-refractivity contribution in [2.75, 3.05) is 6.54 Å². The van der Waals surface area contributed by atoms with Crippen molar-refractivity contribution >= 4 is 60.2 Å². The number of hydrogen-bond acceptors (Lipinski definition) is 6. The summed E-state index contributed by atoms with van der Waals surface area (Å²) in [6.45, 7) is 0.576. The summed E-state index contributed by atoms with van der Waals surface area (Å²) in [6.07, 6.45) is 4.43. The molecule has 3 unspecified atom stereocenters. The Bertz CT molecular complexity index is 2000. The zero-order valence-electron chi connectivity index (χ0n) is 29.8. The van der Waals surface area contributed by atoms with Crippen LogP contribution in [0.25, 0.3) is 21.8 Å². The average Bonchev–Trinajstić information content (AvgIpc) is 3.81. The maximum absolute atomic E-state index is 13.6. The van der Waals surface area contributed by atoms with Crippen molar-refractivity contribution in [2.24, 2.45) is 0 Å². The van der Waals surface area contributed by atoms with E-state index >= 15 is 0 Å². The van der Waals surface area contributed by atoms with E-state index in [2.05, 4.69) is 25.9 Å². The van der Waals surface area contributed by atoms with E-state index in [0.29, 0.717) is 24.6 Å². The van der Waals surface area contributed by atoms with Crippen molar-refractivity contribution < 1.29 is 28.7 Å². The molecule has 11 nitrogen and oxygen atoms in total. The third kappa shape index (κ3) is 10.9. The van der Waals surface area contributed by atoms with E-state index in [1.165, 1.54) is 0 Å². The molecule has 0 saturated carbocycles. The number of alkyl carbamates (subject to hydrolysis) is 2. The Morgan fingerprint density at radius 1 is 0.593 bits per heavy atom. The van der Waals surface area contributed by atoms with E-state index in [1.807, 2.05) is 122 Å². The van der Waals surface area contributed by atoms with Gasteiger partial charge >= 0.3 is 285 Å². The Hall–Kier alpha value is -5.80. The van der Waals surface area contributed by atoms with Crippen molar-refractivity contribution in [3.63, 3.8) is 0 Å². The molecule has 2 heterocycles. The first-order valence-corrected chi connectivity index (χ1v) is 20.6. The summed E-state index contributed by atoms with van der Waals surface area (Å²) in [5.74, 6) is -0.318. The second kappa shape index (κ2) is 19.3. The molecule has 6 rings (SSSR count). The number of unbranched alkanes of at least 4 members (excludes halogenated alkanes) is 1. The van der Waals surface area contributed by atoms with Gasteiger partial charge in [-0.2, -0.15) is 0 Å². The molecule has 5 N–H and O–H groups in total. The summed E-state index contributed by atoms with van der Waals surface area (Å²) in [7, 11) is 0. The first-order valence-electron chi connectivity index (χ1n) is 18.0. The molecule has 54 heavy (non-hydrogen) atoms. The smallest absolute Gasteiger partial charge is 0.0622 e. The Labute approximate surface area is 320 Å². The van der Waals surface area contributed by atoms with E-state index in [1.54, 1.807) is 0 Å². The molecule has 4 aromatic carbocycles. The summed E-state index contributed by atoms with van der Waals surface area (Å²) in [5, 5.41) is 11.2. The minimum Gasteiger partial charge on any atom is -0.0622 e. The van der Waals surface area contributed by atoms with E-state index < -0.39 is 40.0 Å². The monoisotopic (exact) mass is 789 g/mol. The van der Waals surface area contributed by atoms with Gasteiger partial charge in [-0.1, -0.05) is 36.4 Å². The van der Waals surface area contributed by atoms with Crippen LogP contribution in [-0.2, 0) is 45.1 Å². The molecule has 0 saturated heterocycles. The number of amides is 3. The van der Waals surface area contributed by atoms with Gasteiger partial charge in [0.25, 0.3) is 0 Å². The molecule has 6 aromatic rings. The maximum atomic E-state index is 13.6. The van der Waals surface area contributed by atoms with Crippen molar-refractivity contribution in [2.45, 2.75) is 56.2 Å². The predicted octanol–water partition coefficient (Wildman–Crippen LogP) is 6.30. The molecule has 12 heteroatoms. The number of ether oxygens (including phenoxy) is 2. The van der Waals surface area contributed by atoms with Crippen LogP contribution in [0.3, 0.4) is 0 Å². The topological polar surface area (TPSA) is 154 Å². The second-order valence-electron chi connectivity index (χ2n) is 12.9. The van der Waals surface area contributed by atoms with Crippen molar-refractivity contribution in [3.8, 4) is 0 Å². The van der Waals surface area contributed by atoms with E-state index in [4.69, 9.17) is 9.47 Å². The van der Waals surface area contributed by atoms with Crippen molar-refractivity contribution in [1.29, 1.82) is 0 Å². The molecule has 0 aliphatic carbocycles. The number of H-pyrrole nitrogens is 2. The van der Waals surface area contributed by atoms with Gasteiger partial charge in [0, 0.05) is 0 Å². The van der Waals surface area contributed by atoms with Gasteiger partial charge in [-0.05, 0) is 0 Å². The van der Waals surface area contributed by atoms with Crippen LogP contribution in [-0.4, -0.2) is 67.0 Å². The van der Waals surface area contributed by atoms with Crippen LogP contribution in [0.1, 0.15) is 35.1 Å². The number of rotatable bonds is 18. The standard InChI is InChI=1S/C42H44AsN5O6/c49-39(37(23-31-25-45-35-19-9-7-17-33(31)35)47-41(51)53-27-29-13-3-1-4-14-29)43-21-11-12-22-44-40(50)38(24-32-26-46-36-20-10-8-18-34(32)36)48-42(52)54-28-30-15-5-2-6-16-30/h1-10,13-20,25-26,37-38,43,45-46H,11-12,21-24,27-28H2,(H,44,50)(H,47,51)(H,48,52). The average molecular weight is 790 g/mol. The van der Waals surface area contributed by atoms with Crippen LogP contribution in [0.15, 0.2) is 122 Å². The fraction of sp³-hybridized carbons (Fsp3) is 0.238. The number of aromatic nitrogens is 2. The number of para-hydroxylation sites is 2. The minimum atomic E-state index is -1.09. The number of hydrogen-bond donors (Lipinski definition) is 5. The minimum absolute atomic E-state index is 0.0259. The third-order valence-corrected chi connectivity index (χ3v) is 11.8. The van der Waals surface area contributed by atoms with Crippen LogP contribution in [0, 0.1) is 0 Å². The van der Waals surface area contributed by atoms with Gasteiger partial charge in [0.05, 0.1) is 0 Å². The normalized spacial score (nSPS) is 12.4. The Morgan fingerprint density at radius 3 is 1.63 bits per heavy atom. The summed E-state index contributed by atoms with van der Waals surface area (Å²) >= 11 is -1.09. The van der Waals surface area contributed by atoms with Crippen LogP contribution < -0.4 is 16.0 Å². The Morgan fingerprint density at radius 2 is 1.07 bits per heavy atom. The molecule has 0 bridgehead atoms. The zero-order valence-corrected chi connectivity index (χ0v) is 31.9. The summed E-state index contributed by atoms with van der Waals surface area (Å²) in [6, 6.07) is 32.8. The van der Waals surface area contributed by atoms with Gasteiger partial charge in [0.15, 0.2) is 0 Å². The van der Waals surface area contributed by atoms with E-state index in [-0.39, 0.29) is 30.1 Å². The second-order valence-corrected chi connectivity index (χ2v) is 15.8. The molecule has 3 atom stereocenters.